The molecule has 0 bridgehead atoms. The topological polar surface area (TPSA) is 67.2 Å². The van der Waals surface area contributed by atoms with Crippen LogP contribution < -0.4 is 5.32 Å². The van der Waals surface area contributed by atoms with E-state index in [1.807, 2.05) is 31.2 Å². The van der Waals surface area contributed by atoms with Crippen molar-refractivity contribution in [3.8, 4) is 0 Å². The van der Waals surface area contributed by atoms with Crippen molar-refractivity contribution in [2.45, 2.75) is 25.9 Å². The molecule has 0 aliphatic heterocycles. The molecular formula is C14H19N3O2. The van der Waals surface area contributed by atoms with Crippen LogP contribution in [-0.4, -0.2) is 32.9 Å². The third-order valence-electron chi connectivity index (χ3n) is 3.36. The zero-order valence-corrected chi connectivity index (χ0v) is 11.5. The predicted octanol–water partition coefficient (Wildman–Crippen LogP) is 1.46. The Hall–Kier alpha value is -1.88. The van der Waals surface area contributed by atoms with Crippen molar-refractivity contribution in [2.75, 3.05) is 6.54 Å². The number of hydrogen-bond donors (Lipinski definition) is 2. The van der Waals surface area contributed by atoms with Crippen LogP contribution in [-0.2, 0) is 7.05 Å². The molecule has 5 heteroatoms. The Balaban J connectivity index is 2.23. The third-order valence-corrected chi connectivity index (χ3v) is 3.36. The first kappa shape index (κ1) is 13.5. The molecule has 0 aliphatic rings. The second-order valence-electron chi connectivity index (χ2n) is 5.02. The van der Waals surface area contributed by atoms with Crippen LogP contribution in [0.2, 0.25) is 0 Å². The zero-order valence-electron chi connectivity index (χ0n) is 11.5. The van der Waals surface area contributed by atoms with Crippen molar-refractivity contribution >= 4 is 16.8 Å². The molecule has 1 atom stereocenters. The molecule has 102 valence electrons. The minimum atomic E-state index is -0.889. The number of nitrogens with zero attached hydrogens (tertiary/aromatic N) is 2. The highest BCUT2D eigenvalue weighted by Crippen LogP contribution is 2.17. The maximum atomic E-state index is 12.1. The van der Waals surface area contributed by atoms with Gasteiger partial charge in [-0.1, -0.05) is 25.1 Å². The smallest absolute Gasteiger partial charge is 0.272 e. The molecule has 1 unspecified atom stereocenters. The summed E-state index contributed by atoms with van der Waals surface area (Å²) in [5.74, 6) is -0.259. The number of aliphatic hydroxyl groups is 1. The lowest BCUT2D eigenvalue weighted by atomic mass is 10.0. The largest absolute Gasteiger partial charge is 0.388 e. The summed E-state index contributed by atoms with van der Waals surface area (Å²) in [7, 11) is 1.81. The van der Waals surface area contributed by atoms with Crippen molar-refractivity contribution < 1.29 is 9.90 Å². The molecule has 0 saturated carbocycles. The Morgan fingerprint density at radius 1 is 1.47 bits per heavy atom. The quantitative estimate of drug-likeness (QED) is 0.875. The van der Waals surface area contributed by atoms with E-state index in [1.165, 1.54) is 0 Å². The number of amides is 1. The molecule has 1 amide bonds. The normalized spacial score (nSPS) is 14.3. The maximum Gasteiger partial charge on any atom is 0.272 e. The fraction of sp³-hybridized carbons (Fsp3) is 0.429. The molecule has 2 rings (SSSR count). The van der Waals surface area contributed by atoms with Crippen molar-refractivity contribution in [3.63, 3.8) is 0 Å². The number of rotatable bonds is 4. The summed E-state index contributed by atoms with van der Waals surface area (Å²) in [4.78, 5) is 12.1. The number of aryl methyl sites for hydroxylation is 1. The van der Waals surface area contributed by atoms with Crippen LogP contribution in [0.3, 0.4) is 0 Å². The van der Waals surface area contributed by atoms with E-state index in [2.05, 4.69) is 10.4 Å². The summed E-state index contributed by atoms with van der Waals surface area (Å²) in [5, 5.41) is 17.7. The highest BCUT2D eigenvalue weighted by atomic mass is 16.3. The molecule has 1 heterocycles. The fourth-order valence-corrected chi connectivity index (χ4v) is 1.86. The lowest BCUT2D eigenvalue weighted by Gasteiger charge is -2.21. The summed E-state index contributed by atoms with van der Waals surface area (Å²) in [6, 6.07) is 7.58. The van der Waals surface area contributed by atoms with E-state index in [0.29, 0.717) is 12.1 Å². The zero-order chi connectivity index (χ0) is 14.0. The minimum Gasteiger partial charge on any atom is -0.388 e. The van der Waals surface area contributed by atoms with Crippen molar-refractivity contribution in [1.29, 1.82) is 0 Å². The van der Waals surface area contributed by atoms with Crippen LogP contribution in [0.25, 0.3) is 10.9 Å². The highest BCUT2D eigenvalue weighted by molar-refractivity contribution is 6.04. The van der Waals surface area contributed by atoms with E-state index in [0.717, 1.165) is 10.9 Å². The number of aromatic nitrogens is 2. The van der Waals surface area contributed by atoms with E-state index >= 15 is 0 Å². The predicted molar refractivity (Wildman–Crippen MR) is 74.0 cm³/mol. The first-order valence-corrected chi connectivity index (χ1v) is 6.37. The monoisotopic (exact) mass is 261 g/mol. The van der Waals surface area contributed by atoms with Crippen LogP contribution in [0.4, 0.5) is 0 Å². The van der Waals surface area contributed by atoms with E-state index in [9.17, 15) is 9.90 Å². The number of benzene rings is 1. The Morgan fingerprint density at radius 3 is 2.84 bits per heavy atom. The average Bonchev–Trinajstić information content (AvgIpc) is 2.74. The fourth-order valence-electron chi connectivity index (χ4n) is 1.86. The van der Waals surface area contributed by atoms with Gasteiger partial charge in [0, 0.05) is 19.0 Å². The number of nitrogens with one attached hydrogen (secondary N) is 1. The molecule has 0 saturated heterocycles. The average molecular weight is 261 g/mol. The van der Waals surface area contributed by atoms with Gasteiger partial charge in [-0.25, -0.2) is 0 Å². The van der Waals surface area contributed by atoms with Crippen LogP contribution in [0, 0.1) is 0 Å². The standard InChI is InChI=1S/C14H19N3O2/c1-4-14(2,19)9-15-13(18)12-10-7-5-6-8-11(10)17(3)16-12/h5-8,19H,4,9H2,1-3H3,(H,15,18). The Morgan fingerprint density at radius 2 is 2.16 bits per heavy atom. The Kier molecular flexibility index (Phi) is 3.57. The van der Waals surface area contributed by atoms with Gasteiger partial charge in [-0.3, -0.25) is 9.48 Å². The number of fused-ring (bicyclic) bond motifs is 1. The molecule has 0 aliphatic carbocycles. The van der Waals surface area contributed by atoms with Gasteiger partial charge in [0.05, 0.1) is 11.1 Å². The van der Waals surface area contributed by atoms with Gasteiger partial charge in [-0.2, -0.15) is 5.10 Å². The SMILES string of the molecule is CCC(C)(O)CNC(=O)c1nn(C)c2ccccc12. The molecule has 1 aromatic heterocycles. The molecule has 2 aromatic rings. The molecule has 1 aromatic carbocycles. The van der Waals surface area contributed by atoms with Crippen LogP contribution in [0.5, 0.6) is 0 Å². The summed E-state index contributed by atoms with van der Waals surface area (Å²) in [6.07, 6.45) is 0.580. The van der Waals surface area contributed by atoms with Crippen molar-refractivity contribution in [3.05, 3.63) is 30.0 Å². The summed E-state index contributed by atoms with van der Waals surface area (Å²) in [5.41, 5.74) is 0.417. The van der Waals surface area contributed by atoms with Crippen LogP contribution in [0.15, 0.2) is 24.3 Å². The highest BCUT2D eigenvalue weighted by Gasteiger charge is 2.21. The molecule has 0 fully saturated rings. The number of carbonyl (C=O) groups is 1. The van der Waals surface area contributed by atoms with Gasteiger partial charge in [-0.05, 0) is 19.4 Å². The van der Waals surface area contributed by atoms with Crippen molar-refractivity contribution in [1.82, 2.24) is 15.1 Å². The van der Waals surface area contributed by atoms with E-state index in [4.69, 9.17) is 0 Å². The number of carbonyl (C=O) groups excluding carboxylic acids is 1. The van der Waals surface area contributed by atoms with E-state index in [1.54, 1.807) is 18.7 Å². The first-order valence-electron chi connectivity index (χ1n) is 6.37. The van der Waals surface area contributed by atoms with E-state index in [-0.39, 0.29) is 12.5 Å². The maximum absolute atomic E-state index is 12.1. The van der Waals surface area contributed by atoms with Gasteiger partial charge in [-0.15, -0.1) is 0 Å². The van der Waals surface area contributed by atoms with Gasteiger partial charge >= 0.3 is 0 Å². The second kappa shape index (κ2) is 5.01. The van der Waals surface area contributed by atoms with E-state index < -0.39 is 5.60 Å². The summed E-state index contributed by atoms with van der Waals surface area (Å²) >= 11 is 0. The van der Waals surface area contributed by atoms with Gasteiger partial charge in [0.15, 0.2) is 5.69 Å². The number of hydrogen-bond acceptors (Lipinski definition) is 3. The van der Waals surface area contributed by atoms with Gasteiger partial charge < -0.3 is 10.4 Å². The molecule has 5 nitrogen and oxygen atoms in total. The molecule has 2 N–H and O–H groups in total. The van der Waals surface area contributed by atoms with Gasteiger partial charge in [0.2, 0.25) is 0 Å². The lowest BCUT2D eigenvalue weighted by molar-refractivity contribution is 0.0517. The summed E-state index contributed by atoms with van der Waals surface area (Å²) in [6.45, 7) is 3.79. The van der Waals surface area contributed by atoms with Crippen molar-refractivity contribution in [2.24, 2.45) is 7.05 Å². The second-order valence-corrected chi connectivity index (χ2v) is 5.02. The molecule has 0 radical (unpaired) electrons. The Labute approximate surface area is 112 Å². The van der Waals surface area contributed by atoms with Crippen LogP contribution in [0.1, 0.15) is 30.8 Å². The Bertz CT molecular complexity index is 602. The lowest BCUT2D eigenvalue weighted by Crippen LogP contribution is -2.40. The third kappa shape index (κ3) is 2.76. The van der Waals surface area contributed by atoms with Gasteiger partial charge in [0.25, 0.3) is 5.91 Å². The number of para-hydroxylation sites is 1. The van der Waals surface area contributed by atoms with Crippen LogP contribution >= 0.6 is 0 Å². The molecular weight excluding hydrogens is 242 g/mol. The minimum absolute atomic E-state index is 0.216. The first-order chi connectivity index (χ1) is 8.94. The van der Waals surface area contributed by atoms with Gasteiger partial charge in [0.1, 0.15) is 0 Å². The molecule has 0 spiro atoms. The molecule has 19 heavy (non-hydrogen) atoms. The summed E-state index contributed by atoms with van der Waals surface area (Å²) < 4.78 is 1.68.